The molecule has 1 fully saturated rings. The monoisotopic (exact) mass is 285 g/mol. The number of fused-ring (bicyclic) bond motifs is 1. The lowest BCUT2D eigenvalue weighted by atomic mass is 9.75. The van der Waals surface area contributed by atoms with Crippen LogP contribution in [0.5, 0.6) is 0 Å². The summed E-state index contributed by atoms with van der Waals surface area (Å²) in [6.07, 6.45) is 5.35. The maximum Gasteiger partial charge on any atom is 0.200 e. The number of rotatable bonds is 3. The fourth-order valence-corrected chi connectivity index (χ4v) is 3.31. The summed E-state index contributed by atoms with van der Waals surface area (Å²) in [5, 5.41) is 9.50. The molecule has 0 aromatic carbocycles. The molecule has 1 aromatic heterocycles. The van der Waals surface area contributed by atoms with Crippen LogP contribution in [0.25, 0.3) is 0 Å². The number of hydrazine groups is 1. The second-order valence-corrected chi connectivity index (χ2v) is 5.45. The Labute approximate surface area is 124 Å². The summed E-state index contributed by atoms with van der Waals surface area (Å²) in [4.78, 5) is 4.06. The van der Waals surface area contributed by atoms with Crippen LogP contribution in [-0.4, -0.2) is 17.3 Å². The fraction of sp³-hybridized carbons (Fsp3) is 0.467. The van der Waals surface area contributed by atoms with Crippen LogP contribution in [-0.2, 0) is 4.74 Å². The minimum atomic E-state index is -0.211. The predicted octanol–water partition coefficient (Wildman–Crippen LogP) is 1.11. The SMILES string of the molecule is CCCC1NNC2OC(N)=C(C#N)C(c3ccncc3)C12. The third-order valence-corrected chi connectivity index (χ3v) is 4.23. The summed E-state index contributed by atoms with van der Waals surface area (Å²) >= 11 is 0. The van der Waals surface area contributed by atoms with Gasteiger partial charge in [0, 0.05) is 30.3 Å². The van der Waals surface area contributed by atoms with Gasteiger partial charge in [0.05, 0.1) is 5.57 Å². The molecule has 1 saturated heterocycles. The van der Waals surface area contributed by atoms with Gasteiger partial charge in [-0.15, -0.1) is 0 Å². The Morgan fingerprint density at radius 3 is 2.81 bits per heavy atom. The van der Waals surface area contributed by atoms with E-state index >= 15 is 0 Å². The number of hydrogen-bond acceptors (Lipinski definition) is 6. The van der Waals surface area contributed by atoms with Crippen LogP contribution in [0.4, 0.5) is 0 Å². The number of aromatic nitrogens is 1. The van der Waals surface area contributed by atoms with Gasteiger partial charge in [0.25, 0.3) is 0 Å². The fourth-order valence-electron chi connectivity index (χ4n) is 3.31. The number of hydrogen-bond donors (Lipinski definition) is 3. The molecule has 0 saturated carbocycles. The van der Waals surface area contributed by atoms with E-state index in [4.69, 9.17) is 10.5 Å². The molecule has 0 radical (unpaired) electrons. The maximum absolute atomic E-state index is 9.50. The number of nitrogens with two attached hydrogens (primary N) is 1. The number of nitrogens with zero attached hydrogens (tertiary/aromatic N) is 2. The molecular weight excluding hydrogens is 266 g/mol. The van der Waals surface area contributed by atoms with Crippen LogP contribution in [0, 0.1) is 17.2 Å². The second-order valence-electron chi connectivity index (χ2n) is 5.45. The lowest BCUT2D eigenvalue weighted by molar-refractivity contribution is 0.0337. The second kappa shape index (κ2) is 5.72. The van der Waals surface area contributed by atoms with Gasteiger partial charge in [-0.25, -0.2) is 5.43 Å². The molecule has 2 aliphatic rings. The average molecular weight is 285 g/mol. The Hall–Kier alpha value is -2.10. The van der Waals surface area contributed by atoms with Crippen molar-refractivity contribution < 1.29 is 4.74 Å². The van der Waals surface area contributed by atoms with Crippen molar-refractivity contribution in [2.24, 2.45) is 11.7 Å². The lowest BCUT2D eigenvalue weighted by Gasteiger charge is -2.35. The largest absolute Gasteiger partial charge is 0.458 e. The molecule has 1 aromatic rings. The van der Waals surface area contributed by atoms with Crippen molar-refractivity contribution in [2.45, 2.75) is 38.0 Å². The minimum Gasteiger partial charge on any atom is -0.458 e. The Balaban J connectivity index is 2.05. The van der Waals surface area contributed by atoms with Crippen molar-refractivity contribution in [2.75, 3.05) is 0 Å². The molecule has 4 unspecified atom stereocenters. The van der Waals surface area contributed by atoms with Crippen molar-refractivity contribution in [3.63, 3.8) is 0 Å². The third kappa shape index (κ3) is 2.35. The Kier molecular flexibility index (Phi) is 3.78. The minimum absolute atomic E-state index is 0.0733. The van der Waals surface area contributed by atoms with Crippen LogP contribution >= 0.6 is 0 Å². The topological polar surface area (TPSA) is 96.0 Å². The average Bonchev–Trinajstić information content (AvgIpc) is 2.89. The van der Waals surface area contributed by atoms with E-state index in [-0.39, 0.29) is 30.0 Å². The van der Waals surface area contributed by atoms with E-state index in [1.807, 2.05) is 12.1 Å². The highest BCUT2D eigenvalue weighted by Gasteiger charge is 2.48. The molecule has 3 rings (SSSR count). The first-order valence-corrected chi connectivity index (χ1v) is 7.23. The Morgan fingerprint density at radius 1 is 1.38 bits per heavy atom. The highest BCUT2D eigenvalue weighted by molar-refractivity contribution is 5.40. The molecule has 4 atom stereocenters. The van der Waals surface area contributed by atoms with Crippen LogP contribution in [0.1, 0.15) is 31.2 Å². The number of pyridine rings is 1. The molecule has 110 valence electrons. The Morgan fingerprint density at radius 2 is 2.14 bits per heavy atom. The first-order chi connectivity index (χ1) is 10.3. The summed E-state index contributed by atoms with van der Waals surface area (Å²) in [5.41, 5.74) is 13.9. The number of ether oxygens (including phenoxy) is 1. The smallest absolute Gasteiger partial charge is 0.200 e. The van der Waals surface area contributed by atoms with Gasteiger partial charge in [0.1, 0.15) is 6.07 Å². The van der Waals surface area contributed by atoms with E-state index in [0.29, 0.717) is 5.57 Å². The van der Waals surface area contributed by atoms with Crippen molar-refractivity contribution in [1.82, 2.24) is 15.8 Å². The van der Waals surface area contributed by atoms with E-state index in [2.05, 4.69) is 28.8 Å². The van der Waals surface area contributed by atoms with Crippen molar-refractivity contribution in [3.8, 4) is 6.07 Å². The van der Waals surface area contributed by atoms with Gasteiger partial charge in [0.2, 0.25) is 5.88 Å². The van der Waals surface area contributed by atoms with Gasteiger partial charge < -0.3 is 10.5 Å². The van der Waals surface area contributed by atoms with Crippen LogP contribution < -0.4 is 16.6 Å². The molecule has 0 bridgehead atoms. The standard InChI is InChI=1S/C15H19N5O/c1-2-3-11-13-12(9-4-6-18-7-5-9)10(8-16)14(17)21-15(13)20-19-11/h4-7,11-13,15,19-20H,2-3,17H2,1H3. The van der Waals surface area contributed by atoms with Crippen LogP contribution in [0.2, 0.25) is 0 Å². The summed E-state index contributed by atoms with van der Waals surface area (Å²) < 4.78 is 5.69. The van der Waals surface area contributed by atoms with Gasteiger partial charge in [-0.1, -0.05) is 13.3 Å². The molecule has 6 nitrogen and oxygen atoms in total. The highest BCUT2D eigenvalue weighted by Crippen LogP contribution is 2.43. The van der Waals surface area contributed by atoms with Gasteiger partial charge in [0.15, 0.2) is 6.23 Å². The molecule has 3 heterocycles. The normalized spacial score (nSPS) is 31.4. The lowest BCUT2D eigenvalue weighted by Crippen LogP contribution is -2.41. The molecular formula is C15H19N5O. The van der Waals surface area contributed by atoms with Crippen molar-refractivity contribution in [1.29, 1.82) is 5.26 Å². The zero-order valence-corrected chi connectivity index (χ0v) is 11.9. The number of allylic oxidation sites excluding steroid dienone is 1. The van der Waals surface area contributed by atoms with Gasteiger partial charge in [-0.05, 0) is 24.1 Å². The van der Waals surface area contributed by atoms with E-state index in [1.54, 1.807) is 12.4 Å². The van der Waals surface area contributed by atoms with E-state index < -0.39 is 0 Å². The molecule has 2 aliphatic heterocycles. The molecule has 0 aliphatic carbocycles. The molecule has 6 heteroatoms. The molecule has 21 heavy (non-hydrogen) atoms. The first-order valence-electron chi connectivity index (χ1n) is 7.23. The zero-order valence-electron chi connectivity index (χ0n) is 11.9. The van der Waals surface area contributed by atoms with Gasteiger partial charge in [-0.3, -0.25) is 10.4 Å². The highest BCUT2D eigenvalue weighted by atomic mass is 16.5. The summed E-state index contributed by atoms with van der Waals surface area (Å²) in [6.45, 7) is 2.15. The van der Waals surface area contributed by atoms with Gasteiger partial charge >= 0.3 is 0 Å². The predicted molar refractivity (Wildman–Crippen MR) is 77.1 cm³/mol. The van der Waals surface area contributed by atoms with Crippen molar-refractivity contribution in [3.05, 3.63) is 41.5 Å². The van der Waals surface area contributed by atoms with Crippen LogP contribution in [0.15, 0.2) is 36.0 Å². The third-order valence-electron chi connectivity index (χ3n) is 4.23. The quantitative estimate of drug-likeness (QED) is 0.770. The number of nitrogens with one attached hydrogen (secondary N) is 2. The number of nitriles is 1. The summed E-state index contributed by atoms with van der Waals surface area (Å²) in [6, 6.07) is 6.36. The molecule has 0 spiro atoms. The molecule has 0 amide bonds. The maximum atomic E-state index is 9.50. The van der Waals surface area contributed by atoms with Gasteiger partial charge in [-0.2, -0.15) is 5.26 Å². The summed E-state index contributed by atoms with van der Waals surface area (Å²) in [7, 11) is 0. The first kappa shape index (κ1) is 13.9. The molecule has 4 N–H and O–H groups in total. The van der Waals surface area contributed by atoms with E-state index in [1.165, 1.54) is 0 Å². The van der Waals surface area contributed by atoms with Crippen molar-refractivity contribution >= 4 is 0 Å². The van der Waals surface area contributed by atoms with E-state index in [9.17, 15) is 5.26 Å². The van der Waals surface area contributed by atoms with Crippen LogP contribution in [0.3, 0.4) is 0 Å². The van der Waals surface area contributed by atoms with E-state index in [0.717, 1.165) is 18.4 Å². The summed E-state index contributed by atoms with van der Waals surface area (Å²) in [5.74, 6) is 0.275. The zero-order chi connectivity index (χ0) is 14.8. The Bertz CT molecular complexity index is 579.